The summed E-state index contributed by atoms with van der Waals surface area (Å²) in [5, 5.41) is 9.83. The van der Waals surface area contributed by atoms with E-state index in [9.17, 15) is 14.8 Å². The second-order valence-corrected chi connectivity index (χ2v) is 6.06. The number of rotatable bonds is 11. The van der Waals surface area contributed by atoms with Gasteiger partial charge in [0.25, 0.3) is 0 Å². The Morgan fingerprint density at radius 3 is 2.64 bits per heavy atom. The molecule has 10 nitrogen and oxygen atoms in total. The molecule has 1 atom stereocenters. The van der Waals surface area contributed by atoms with Crippen LogP contribution in [0.3, 0.4) is 0 Å². The van der Waals surface area contributed by atoms with Crippen LogP contribution in [0, 0.1) is 5.92 Å². The summed E-state index contributed by atoms with van der Waals surface area (Å²) in [5.41, 5.74) is 10.7. The lowest BCUT2D eigenvalue weighted by atomic mass is 10.0. The van der Waals surface area contributed by atoms with Crippen molar-refractivity contribution in [3.05, 3.63) is 5.82 Å². The van der Waals surface area contributed by atoms with Crippen molar-refractivity contribution < 1.29 is 14.8 Å². The molecule has 0 aromatic carbocycles. The zero-order valence-corrected chi connectivity index (χ0v) is 14.9. The molecule has 0 aliphatic heterocycles. The SMILES string of the molecule is CCCCC[C@H](CN(O)C=O)C(=O)NNc1nc(N)nc(C(C)C)n1. The van der Waals surface area contributed by atoms with E-state index in [4.69, 9.17) is 5.73 Å². The van der Waals surface area contributed by atoms with Gasteiger partial charge in [-0.3, -0.25) is 25.6 Å². The van der Waals surface area contributed by atoms with Crippen LogP contribution in [0.25, 0.3) is 0 Å². The number of carbonyl (C=O) groups excluding carboxylic acids is 2. The maximum atomic E-state index is 12.3. The summed E-state index contributed by atoms with van der Waals surface area (Å²) in [5.74, 6) is -0.185. The van der Waals surface area contributed by atoms with Crippen molar-refractivity contribution in [2.45, 2.75) is 52.4 Å². The van der Waals surface area contributed by atoms with E-state index in [1.165, 1.54) is 0 Å². The normalized spacial score (nSPS) is 11.9. The van der Waals surface area contributed by atoms with E-state index in [0.717, 1.165) is 19.3 Å². The molecule has 0 spiro atoms. The van der Waals surface area contributed by atoms with Gasteiger partial charge in [0.1, 0.15) is 5.82 Å². The molecule has 1 rings (SSSR count). The topological polar surface area (TPSA) is 146 Å². The molecule has 25 heavy (non-hydrogen) atoms. The van der Waals surface area contributed by atoms with E-state index < -0.39 is 5.92 Å². The summed E-state index contributed by atoms with van der Waals surface area (Å²) in [6, 6.07) is 0. The Labute approximate surface area is 147 Å². The number of nitrogens with two attached hydrogens (primary N) is 1. The van der Waals surface area contributed by atoms with Gasteiger partial charge in [-0.1, -0.05) is 40.0 Å². The second kappa shape index (κ2) is 10.4. The Morgan fingerprint density at radius 1 is 1.32 bits per heavy atom. The Bertz CT molecular complexity index is 568. The van der Waals surface area contributed by atoms with Crippen molar-refractivity contribution in [3.63, 3.8) is 0 Å². The van der Waals surface area contributed by atoms with Crippen LogP contribution in [-0.4, -0.2) is 44.1 Å². The van der Waals surface area contributed by atoms with Crippen LogP contribution in [-0.2, 0) is 9.59 Å². The zero-order chi connectivity index (χ0) is 18.8. The molecule has 0 saturated carbocycles. The van der Waals surface area contributed by atoms with Gasteiger partial charge in [0.05, 0.1) is 12.5 Å². The summed E-state index contributed by atoms with van der Waals surface area (Å²) in [4.78, 5) is 35.0. The number of unbranched alkanes of at least 4 members (excludes halogenated alkanes) is 2. The molecule has 1 heterocycles. The highest BCUT2D eigenvalue weighted by atomic mass is 16.5. The summed E-state index contributed by atoms with van der Waals surface area (Å²) in [6.45, 7) is 5.79. The van der Waals surface area contributed by atoms with Gasteiger partial charge in [0, 0.05) is 5.92 Å². The van der Waals surface area contributed by atoms with Crippen LogP contribution in [0.4, 0.5) is 11.9 Å². The van der Waals surface area contributed by atoms with Crippen LogP contribution in [0.5, 0.6) is 0 Å². The minimum Gasteiger partial charge on any atom is -0.368 e. The fourth-order valence-electron chi connectivity index (χ4n) is 2.16. The van der Waals surface area contributed by atoms with Gasteiger partial charge >= 0.3 is 0 Å². The van der Waals surface area contributed by atoms with Crippen LogP contribution in [0.2, 0.25) is 0 Å². The molecular formula is C15H27N7O3. The predicted octanol–water partition coefficient (Wildman–Crippen LogP) is 1.06. The van der Waals surface area contributed by atoms with E-state index in [1.807, 2.05) is 13.8 Å². The second-order valence-electron chi connectivity index (χ2n) is 6.06. The number of hydrogen-bond acceptors (Lipinski definition) is 8. The molecule has 0 aliphatic carbocycles. The van der Waals surface area contributed by atoms with Crippen LogP contribution in [0.15, 0.2) is 0 Å². The van der Waals surface area contributed by atoms with Gasteiger partial charge in [-0.25, -0.2) is 5.06 Å². The van der Waals surface area contributed by atoms with Crippen molar-refractivity contribution in [3.8, 4) is 0 Å². The van der Waals surface area contributed by atoms with E-state index in [2.05, 4.69) is 32.7 Å². The third kappa shape index (κ3) is 7.29. The van der Waals surface area contributed by atoms with Crippen molar-refractivity contribution in [1.82, 2.24) is 25.4 Å². The van der Waals surface area contributed by atoms with Crippen molar-refractivity contribution in [2.24, 2.45) is 5.92 Å². The van der Waals surface area contributed by atoms with Crippen molar-refractivity contribution in [1.29, 1.82) is 0 Å². The lowest BCUT2D eigenvalue weighted by Crippen LogP contribution is -2.40. The predicted molar refractivity (Wildman–Crippen MR) is 92.3 cm³/mol. The first-order valence-electron chi connectivity index (χ1n) is 8.35. The van der Waals surface area contributed by atoms with Gasteiger partial charge in [-0.2, -0.15) is 15.0 Å². The molecule has 1 aromatic rings. The highest BCUT2D eigenvalue weighted by molar-refractivity contribution is 5.80. The average Bonchev–Trinajstić information content (AvgIpc) is 2.58. The largest absolute Gasteiger partial charge is 0.368 e. The van der Waals surface area contributed by atoms with Gasteiger partial charge in [-0.15, -0.1) is 0 Å². The summed E-state index contributed by atoms with van der Waals surface area (Å²) >= 11 is 0. The Hall–Kier alpha value is -2.49. The molecule has 2 amide bonds. The highest BCUT2D eigenvalue weighted by Crippen LogP contribution is 2.13. The fraction of sp³-hybridized carbons (Fsp3) is 0.667. The first-order valence-corrected chi connectivity index (χ1v) is 8.35. The van der Waals surface area contributed by atoms with Gasteiger partial charge in [0.2, 0.25) is 24.2 Å². The smallest absolute Gasteiger partial charge is 0.246 e. The van der Waals surface area contributed by atoms with E-state index >= 15 is 0 Å². The molecule has 10 heteroatoms. The van der Waals surface area contributed by atoms with Gasteiger partial charge < -0.3 is 5.73 Å². The highest BCUT2D eigenvalue weighted by Gasteiger charge is 2.21. The number of hydrazine groups is 1. The molecule has 0 radical (unpaired) electrons. The number of nitrogens with zero attached hydrogens (tertiary/aromatic N) is 4. The third-order valence-electron chi connectivity index (χ3n) is 3.54. The maximum Gasteiger partial charge on any atom is 0.246 e. The van der Waals surface area contributed by atoms with Crippen LogP contribution < -0.4 is 16.6 Å². The monoisotopic (exact) mass is 353 g/mol. The lowest BCUT2D eigenvalue weighted by molar-refractivity contribution is -0.154. The van der Waals surface area contributed by atoms with Gasteiger partial charge in [-0.05, 0) is 6.42 Å². The third-order valence-corrected chi connectivity index (χ3v) is 3.54. The standard InChI is InChI=1S/C15H27N7O3/c1-4-5-6-7-11(8-22(25)9-23)13(24)20-21-15-18-12(10(2)3)17-14(16)19-15/h9-11,25H,4-8H2,1-3H3,(H,20,24)(H3,16,17,18,19,21)/t11-/m1/s1. The van der Waals surface area contributed by atoms with Gasteiger partial charge in [0.15, 0.2) is 0 Å². The number of nitrogens with one attached hydrogen (secondary N) is 2. The first kappa shape index (κ1) is 20.6. The lowest BCUT2D eigenvalue weighted by Gasteiger charge is -2.19. The first-order chi connectivity index (χ1) is 11.9. The minimum atomic E-state index is -0.557. The Balaban J connectivity index is 2.70. The van der Waals surface area contributed by atoms with E-state index in [0.29, 0.717) is 17.3 Å². The number of hydrogen-bond donors (Lipinski definition) is 4. The summed E-state index contributed by atoms with van der Waals surface area (Å²) in [6.07, 6.45) is 3.60. The van der Waals surface area contributed by atoms with Crippen LogP contribution >= 0.6 is 0 Å². The number of hydroxylamine groups is 2. The molecule has 0 bridgehead atoms. The maximum absolute atomic E-state index is 12.3. The molecule has 140 valence electrons. The number of nitrogen functional groups attached to an aromatic ring is 1. The summed E-state index contributed by atoms with van der Waals surface area (Å²) < 4.78 is 0. The molecule has 5 N–H and O–H groups in total. The van der Waals surface area contributed by atoms with Crippen LogP contribution in [0.1, 0.15) is 58.2 Å². The zero-order valence-electron chi connectivity index (χ0n) is 14.9. The molecular weight excluding hydrogens is 326 g/mol. The van der Waals surface area contributed by atoms with E-state index in [1.54, 1.807) is 0 Å². The molecule has 1 aromatic heterocycles. The summed E-state index contributed by atoms with van der Waals surface area (Å²) in [7, 11) is 0. The minimum absolute atomic E-state index is 0.0532. The number of anilines is 2. The van der Waals surface area contributed by atoms with E-state index in [-0.39, 0.29) is 36.7 Å². The molecule has 0 fully saturated rings. The molecule has 0 aliphatic rings. The Morgan fingerprint density at radius 2 is 2.04 bits per heavy atom. The number of aromatic nitrogens is 3. The fourth-order valence-corrected chi connectivity index (χ4v) is 2.16. The quantitative estimate of drug-likeness (QED) is 0.200. The van der Waals surface area contributed by atoms with Crippen molar-refractivity contribution >= 4 is 24.2 Å². The number of amides is 2. The average molecular weight is 353 g/mol. The van der Waals surface area contributed by atoms with Crippen molar-refractivity contribution in [2.75, 3.05) is 17.7 Å². The molecule has 0 unspecified atom stereocenters. The number of carbonyl (C=O) groups is 2. The Kier molecular flexibility index (Phi) is 8.54. The molecule has 0 saturated heterocycles.